The first-order valence-electron chi connectivity index (χ1n) is 8.90. The van der Waals surface area contributed by atoms with Gasteiger partial charge in [-0.1, -0.05) is 5.11 Å². The maximum Gasteiger partial charge on any atom is 0.303 e. The lowest BCUT2D eigenvalue weighted by atomic mass is 9.96. The van der Waals surface area contributed by atoms with Gasteiger partial charge in [-0.3, -0.25) is 19.2 Å². The summed E-state index contributed by atoms with van der Waals surface area (Å²) in [5, 5.41) is 5.79. The monoisotopic (exact) mass is 438 g/mol. The van der Waals surface area contributed by atoms with Gasteiger partial charge in [-0.2, -0.15) is 0 Å². The van der Waals surface area contributed by atoms with E-state index in [1.165, 1.54) is 12.1 Å². The summed E-state index contributed by atoms with van der Waals surface area (Å²) in [7, 11) is 0. The molecule has 1 N–H and O–H groups in total. The lowest BCUT2D eigenvalue weighted by molar-refractivity contribution is -0.241. The minimum atomic E-state index is -1.64. The van der Waals surface area contributed by atoms with Crippen LogP contribution in [0.2, 0.25) is 0 Å². The van der Waals surface area contributed by atoms with Crippen LogP contribution in [0.4, 0.5) is 10.1 Å². The van der Waals surface area contributed by atoms with Crippen molar-refractivity contribution in [1.29, 1.82) is 0 Å². The van der Waals surface area contributed by atoms with Crippen molar-refractivity contribution >= 4 is 29.5 Å². The van der Waals surface area contributed by atoms with Crippen LogP contribution in [0.25, 0.3) is 10.4 Å². The number of rotatable bonds is 6. The highest BCUT2D eigenvalue weighted by Gasteiger charge is 2.54. The number of hydrogen-bond acceptors (Lipinski definition) is 9. The molecule has 31 heavy (non-hydrogen) atoms. The molecule has 2 rings (SSSR count). The lowest BCUT2D eigenvalue weighted by Gasteiger charge is -2.42. The second-order valence-electron chi connectivity index (χ2n) is 6.37. The average Bonchev–Trinajstić information content (AvgIpc) is 2.67. The van der Waals surface area contributed by atoms with Gasteiger partial charge < -0.3 is 24.3 Å². The number of hydrogen-bond donors (Lipinski definition) is 1. The van der Waals surface area contributed by atoms with Gasteiger partial charge in [-0.05, 0) is 29.8 Å². The highest BCUT2D eigenvalue weighted by molar-refractivity contribution is 5.95. The van der Waals surface area contributed by atoms with Crippen molar-refractivity contribution in [2.24, 2.45) is 5.11 Å². The van der Waals surface area contributed by atoms with Crippen LogP contribution in [-0.4, -0.2) is 54.5 Å². The number of carbonyl (C=O) groups excluding carboxylic acids is 4. The lowest BCUT2D eigenvalue weighted by Crippen LogP contribution is -2.63. The van der Waals surface area contributed by atoms with Crippen LogP contribution in [0.15, 0.2) is 29.4 Å². The van der Waals surface area contributed by atoms with Crippen molar-refractivity contribution in [3.63, 3.8) is 0 Å². The van der Waals surface area contributed by atoms with Crippen molar-refractivity contribution in [3.05, 3.63) is 40.5 Å². The Hall–Kier alpha value is -3.70. The largest absolute Gasteiger partial charge is 0.455 e. The van der Waals surface area contributed by atoms with E-state index < -0.39 is 60.3 Å². The fourth-order valence-electron chi connectivity index (χ4n) is 2.89. The number of ether oxygens (including phenoxy) is 4. The predicted molar refractivity (Wildman–Crippen MR) is 99.5 cm³/mol. The van der Waals surface area contributed by atoms with Gasteiger partial charge in [0.25, 0.3) is 5.91 Å². The van der Waals surface area contributed by atoms with Crippen molar-refractivity contribution < 1.29 is 42.5 Å². The Morgan fingerprint density at radius 1 is 0.968 bits per heavy atom. The zero-order chi connectivity index (χ0) is 23.1. The minimum absolute atomic E-state index is 0.183. The molecule has 5 atom stereocenters. The van der Waals surface area contributed by atoms with Crippen molar-refractivity contribution in [2.75, 3.05) is 5.32 Å². The zero-order valence-electron chi connectivity index (χ0n) is 16.7. The molecule has 13 heteroatoms. The Bertz CT molecular complexity index is 902. The summed E-state index contributed by atoms with van der Waals surface area (Å²) in [6.45, 7) is 3.13. The molecule has 0 radical (unpaired) electrons. The molecule has 0 saturated carbocycles. The highest BCUT2D eigenvalue weighted by atomic mass is 19.1. The first-order chi connectivity index (χ1) is 14.6. The molecule has 1 aliphatic rings. The minimum Gasteiger partial charge on any atom is -0.455 e. The van der Waals surface area contributed by atoms with Gasteiger partial charge in [0, 0.05) is 31.4 Å². The molecule has 1 heterocycles. The van der Waals surface area contributed by atoms with Gasteiger partial charge in [0.2, 0.25) is 0 Å². The molecule has 0 aliphatic carbocycles. The predicted octanol–water partition coefficient (Wildman–Crippen LogP) is 1.59. The van der Waals surface area contributed by atoms with Gasteiger partial charge in [0.15, 0.2) is 30.6 Å². The molecule has 1 saturated heterocycles. The third kappa shape index (κ3) is 6.39. The number of benzene rings is 1. The second-order valence-corrected chi connectivity index (χ2v) is 6.37. The Kier molecular flexibility index (Phi) is 7.88. The van der Waals surface area contributed by atoms with Crippen LogP contribution in [0.3, 0.4) is 0 Å². The molecule has 1 aromatic carbocycles. The quantitative estimate of drug-likeness (QED) is 0.230. The molecule has 1 fully saturated rings. The normalized spacial score (nSPS) is 24.8. The van der Waals surface area contributed by atoms with Gasteiger partial charge in [-0.25, -0.2) is 4.39 Å². The molecule has 0 unspecified atom stereocenters. The van der Waals surface area contributed by atoms with E-state index in [-0.39, 0.29) is 5.69 Å². The third-order valence-corrected chi connectivity index (χ3v) is 3.95. The van der Waals surface area contributed by atoms with Crippen molar-refractivity contribution in [1.82, 2.24) is 0 Å². The van der Waals surface area contributed by atoms with Gasteiger partial charge in [0.1, 0.15) is 5.82 Å². The maximum atomic E-state index is 13.1. The van der Waals surface area contributed by atoms with E-state index in [2.05, 4.69) is 15.3 Å². The van der Waals surface area contributed by atoms with Crippen LogP contribution in [-0.2, 0) is 38.1 Å². The van der Waals surface area contributed by atoms with Crippen LogP contribution < -0.4 is 5.32 Å². The molecule has 12 nitrogen and oxygen atoms in total. The molecule has 1 amide bonds. The molecule has 166 valence electrons. The summed E-state index contributed by atoms with van der Waals surface area (Å²) < 4.78 is 34.0. The SMILES string of the molecule is CC(=O)O[C@@H]1[C@@H](OC(C)=O)[C@@H](N=[N+]=[N-])O[C@H](C(=O)Nc2ccc(F)cc2)[C@H]1OC(C)=O. The van der Waals surface area contributed by atoms with E-state index in [4.69, 9.17) is 24.5 Å². The standard InChI is InChI=1S/C18H19FN4O8/c1-8(24)28-13-14(29-9(2)25)16(30-10(3)26)18(22-23-20)31-15(13)17(27)21-12-6-4-11(19)5-7-12/h4-7,13-16,18H,1-3H3,(H,21,27)/t13-,14-,15-,16+,18-/m0/s1. The first kappa shape index (κ1) is 23.6. The summed E-state index contributed by atoms with van der Waals surface area (Å²) in [5.41, 5.74) is 9.03. The zero-order valence-corrected chi connectivity index (χ0v) is 16.7. The Morgan fingerprint density at radius 3 is 2.00 bits per heavy atom. The topological polar surface area (TPSA) is 166 Å². The fraction of sp³-hybridized carbons (Fsp3) is 0.444. The van der Waals surface area contributed by atoms with Crippen molar-refractivity contribution in [3.8, 4) is 0 Å². The maximum absolute atomic E-state index is 13.1. The number of anilines is 1. The van der Waals surface area contributed by atoms with E-state index in [0.717, 1.165) is 32.9 Å². The summed E-state index contributed by atoms with van der Waals surface area (Å²) in [5.74, 6) is -3.95. The summed E-state index contributed by atoms with van der Waals surface area (Å²) in [6.07, 6.45) is -7.82. The van der Waals surface area contributed by atoms with E-state index in [1.54, 1.807) is 0 Å². The van der Waals surface area contributed by atoms with Crippen molar-refractivity contribution in [2.45, 2.75) is 51.4 Å². The number of carbonyl (C=O) groups is 4. The Balaban J connectivity index is 2.45. The molecular formula is C18H19FN4O8. The smallest absolute Gasteiger partial charge is 0.303 e. The molecular weight excluding hydrogens is 419 g/mol. The Morgan fingerprint density at radius 2 is 1.48 bits per heavy atom. The van der Waals surface area contributed by atoms with E-state index in [1.807, 2.05) is 0 Å². The number of nitrogens with one attached hydrogen (secondary N) is 1. The summed E-state index contributed by atoms with van der Waals surface area (Å²) >= 11 is 0. The number of azide groups is 1. The van der Waals surface area contributed by atoms with Crippen LogP contribution in [0.1, 0.15) is 20.8 Å². The summed E-state index contributed by atoms with van der Waals surface area (Å²) in [4.78, 5) is 50.3. The number of esters is 3. The first-order valence-corrected chi connectivity index (χ1v) is 8.90. The van der Waals surface area contributed by atoms with E-state index in [9.17, 15) is 23.6 Å². The molecule has 1 aromatic rings. The van der Waals surface area contributed by atoms with E-state index in [0.29, 0.717) is 0 Å². The fourth-order valence-corrected chi connectivity index (χ4v) is 2.89. The number of nitrogens with zero attached hydrogens (tertiary/aromatic N) is 3. The second kappa shape index (κ2) is 10.4. The van der Waals surface area contributed by atoms with Crippen LogP contribution in [0, 0.1) is 5.82 Å². The number of amides is 1. The van der Waals surface area contributed by atoms with Gasteiger partial charge in [0.05, 0.1) is 0 Å². The highest BCUT2D eigenvalue weighted by Crippen LogP contribution is 2.30. The molecule has 0 spiro atoms. The summed E-state index contributed by atoms with van der Waals surface area (Å²) in [6, 6.07) is 4.74. The third-order valence-electron chi connectivity index (χ3n) is 3.95. The number of halogens is 1. The molecule has 0 aromatic heterocycles. The Labute approximate surface area is 175 Å². The molecule has 0 bridgehead atoms. The van der Waals surface area contributed by atoms with Crippen LogP contribution >= 0.6 is 0 Å². The average molecular weight is 438 g/mol. The van der Waals surface area contributed by atoms with Gasteiger partial charge >= 0.3 is 17.9 Å². The van der Waals surface area contributed by atoms with Crippen LogP contribution in [0.5, 0.6) is 0 Å². The van der Waals surface area contributed by atoms with Gasteiger partial charge in [-0.15, -0.1) is 0 Å². The van der Waals surface area contributed by atoms with E-state index >= 15 is 0 Å². The molecule has 1 aliphatic heterocycles.